The Hall–Kier alpha value is -2.87. The van der Waals surface area contributed by atoms with Crippen LogP contribution in [0.4, 0.5) is 0 Å². The van der Waals surface area contributed by atoms with Gasteiger partial charge in [-0.05, 0) is 31.7 Å². The molecule has 2 heterocycles. The monoisotopic (exact) mass is 403 g/mol. The first-order chi connectivity index (χ1) is 14.0. The van der Waals surface area contributed by atoms with E-state index in [1.54, 1.807) is 11.8 Å². The first kappa shape index (κ1) is 20.9. The Balaban J connectivity index is 2.08. The average molecular weight is 403 g/mol. The van der Waals surface area contributed by atoms with Crippen LogP contribution in [0.25, 0.3) is 11.0 Å². The zero-order valence-corrected chi connectivity index (χ0v) is 16.7. The predicted octanol–water partition coefficient (Wildman–Crippen LogP) is 2.20. The number of nitrogens with zero attached hydrogens (tertiary/aromatic N) is 1. The molecule has 0 radical (unpaired) electrons. The van der Waals surface area contributed by atoms with E-state index in [1.165, 1.54) is 13.2 Å². The second-order valence-electron chi connectivity index (χ2n) is 7.08. The molecule has 0 bridgehead atoms. The van der Waals surface area contributed by atoms with Gasteiger partial charge in [-0.1, -0.05) is 0 Å². The Morgan fingerprint density at radius 3 is 2.66 bits per heavy atom. The number of carbonyl (C=O) groups excluding carboxylic acids is 2. The van der Waals surface area contributed by atoms with Gasteiger partial charge in [0, 0.05) is 26.3 Å². The van der Waals surface area contributed by atoms with Crippen LogP contribution in [0.3, 0.4) is 0 Å². The molecule has 8 heteroatoms. The zero-order valence-electron chi connectivity index (χ0n) is 16.7. The molecule has 1 fully saturated rings. The maximum atomic E-state index is 12.7. The number of methoxy groups -OCH3 is 1. The summed E-state index contributed by atoms with van der Waals surface area (Å²) in [5, 5.41) is 10.5. The van der Waals surface area contributed by atoms with Crippen LogP contribution in [0.5, 0.6) is 11.5 Å². The number of aromatic hydroxyl groups is 1. The maximum absolute atomic E-state index is 12.7. The van der Waals surface area contributed by atoms with Crippen molar-refractivity contribution in [1.29, 1.82) is 0 Å². The van der Waals surface area contributed by atoms with E-state index in [4.69, 9.17) is 13.9 Å². The van der Waals surface area contributed by atoms with Gasteiger partial charge in [0.25, 0.3) is 0 Å². The third-order valence-electron chi connectivity index (χ3n) is 5.23. The van der Waals surface area contributed by atoms with E-state index in [1.807, 2.05) is 0 Å². The van der Waals surface area contributed by atoms with E-state index in [9.17, 15) is 19.5 Å². The zero-order chi connectivity index (χ0) is 21.0. The molecule has 1 saturated heterocycles. The summed E-state index contributed by atoms with van der Waals surface area (Å²) in [6.45, 7) is 3.57. The molecule has 0 aliphatic carbocycles. The summed E-state index contributed by atoms with van der Waals surface area (Å²) in [5.41, 5.74) is -0.154. The third-order valence-corrected chi connectivity index (χ3v) is 5.23. The van der Waals surface area contributed by atoms with E-state index < -0.39 is 5.63 Å². The van der Waals surface area contributed by atoms with Crippen molar-refractivity contribution < 1.29 is 28.6 Å². The number of aryl methyl sites for hydroxylation is 1. The molecule has 3 rings (SSSR count). The highest BCUT2D eigenvalue weighted by molar-refractivity contribution is 6.02. The molecule has 0 spiro atoms. The number of hydrogen-bond acceptors (Lipinski definition) is 7. The molecule has 8 nitrogen and oxygen atoms in total. The molecular formula is C21H25NO7. The van der Waals surface area contributed by atoms with Gasteiger partial charge < -0.3 is 23.9 Å². The lowest BCUT2D eigenvalue weighted by atomic mass is 9.99. The van der Waals surface area contributed by atoms with Crippen molar-refractivity contribution in [3.8, 4) is 11.5 Å². The lowest BCUT2D eigenvalue weighted by Crippen LogP contribution is -2.37. The number of likely N-dealkylation sites (tertiary alicyclic amines) is 1. The number of rotatable bonds is 7. The Morgan fingerprint density at radius 2 is 2.00 bits per heavy atom. The van der Waals surface area contributed by atoms with Crippen LogP contribution in [-0.4, -0.2) is 55.6 Å². The van der Waals surface area contributed by atoms with Crippen molar-refractivity contribution >= 4 is 23.2 Å². The number of piperidine rings is 1. The van der Waals surface area contributed by atoms with Gasteiger partial charge in [0.1, 0.15) is 18.1 Å². The number of aldehydes is 1. The maximum Gasteiger partial charge on any atom is 0.340 e. The fourth-order valence-corrected chi connectivity index (χ4v) is 3.63. The summed E-state index contributed by atoms with van der Waals surface area (Å²) in [5.74, 6) is -0.219. The second kappa shape index (κ2) is 9.09. The van der Waals surface area contributed by atoms with Crippen molar-refractivity contribution in [2.75, 3.05) is 33.4 Å². The van der Waals surface area contributed by atoms with Crippen LogP contribution in [0.1, 0.15) is 40.7 Å². The first-order valence-corrected chi connectivity index (χ1v) is 9.64. The largest absolute Gasteiger partial charge is 0.507 e. The SMILES string of the molecule is COCCOc1cc(O)c(C=O)c2oc(=O)c(CC(=O)N3CCCCC3)c(C)c12. The van der Waals surface area contributed by atoms with Gasteiger partial charge in [-0.2, -0.15) is 0 Å². The topological polar surface area (TPSA) is 106 Å². The van der Waals surface area contributed by atoms with E-state index in [-0.39, 0.29) is 47.1 Å². The molecular weight excluding hydrogens is 378 g/mol. The minimum absolute atomic E-state index is 0.0518. The van der Waals surface area contributed by atoms with Crippen LogP contribution in [0, 0.1) is 6.92 Å². The summed E-state index contributed by atoms with van der Waals surface area (Å²) in [6.07, 6.45) is 3.35. The summed E-state index contributed by atoms with van der Waals surface area (Å²) in [6, 6.07) is 1.31. The molecule has 1 aliphatic rings. The molecule has 156 valence electrons. The number of fused-ring (bicyclic) bond motifs is 1. The average Bonchev–Trinajstić information content (AvgIpc) is 2.71. The van der Waals surface area contributed by atoms with Crippen molar-refractivity contribution in [1.82, 2.24) is 4.90 Å². The van der Waals surface area contributed by atoms with Gasteiger partial charge in [-0.3, -0.25) is 9.59 Å². The van der Waals surface area contributed by atoms with Gasteiger partial charge in [-0.15, -0.1) is 0 Å². The van der Waals surface area contributed by atoms with E-state index in [0.29, 0.717) is 36.9 Å². The highest BCUT2D eigenvalue weighted by atomic mass is 16.5. The molecule has 2 aromatic rings. The number of amides is 1. The molecule has 1 aliphatic heterocycles. The fourth-order valence-electron chi connectivity index (χ4n) is 3.63. The lowest BCUT2D eigenvalue weighted by molar-refractivity contribution is -0.131. The first-order valence-electron chi connectivity index (χ1n) is 9.64. The number of phenolic OH excluding ortho intramolecular Hbond substituents is 1. The molecule has 0 unspecified atom stereocenters. The van der Waals surface area contributed by atoms with Crippen LogP contribution >= 0.6 is 0 Å². The number of carbonyl (C=O) groups is 2. The molecule has 29 heavy (non-hydrogen) atoms. The normalized spacial score (nSPS) is 14.2. The second-order valence-corrected chi connectivity index (χ2v) is 7.08. The number of hydrogen-bond donors (Lipinski definition) is 1. The summed E-state index contributed by atoms with van der Waals surface area (Å²) < 4.78 is 16.0. The Morgan fingerprint density at radius 1 is 1.28 bits per heavy atom. The van der Waals surface area contributed by atoms with Crippen LogP contribution in [0.15, 0.2) is 15.3 Å². The molecule has 0 saturated carbocycles. The smallest absolute Gasteiger partial charge is 0.340 e. The van der Waals surface area contributed by atoms with Crippen molar-refractivity contribution in [2.45, 2.75) is 32.6 Å². The standard InChI is InChI=1S/C21H25NO7/c1-13-14(10-18(25)22-6-4-3-5-7-22)21(26)29-20-15(12-23)16(24)11-17(19(13)20)28-9-8-27-2/h11-12,24H,3-10H2,1-2H3. The van der Waals surface area contributed by atoms with Crippen molar-refractivity contribution in [3.63, 3.8) is 0 Å². The molecule has 1 aromatic heterocycles. The van der Waals surface area contributed by atoms with Crippen molar-refractivity contribution in [2.24, 2.45) is 0 Å². The predicted molar refractivity (Wildman–Crippen MR) is 106 cm³/mol. The molecule has 1 amide bonds. The molecule has 1 N–H and O–H groups in total. The van der Waals surface area contributed by atoms with Gasteiger partial charge in [0.05, 0.1) is 29.5 Å². The molecule has 0 atom stereocenters. The van der Waals surface area contributed by atoms with Gasteiger partial charge in [-0.25, -0.2) is 4.79 Å². The minimum atomic E-state index is -0.697. The van der Waals surface area contributed by atoms with Crippen LogP contribution in [-0.2, 0) is 16.0 Å². The highest BCUT2D eigenvalue weighted by Gasteiger charge is 2.24. The van der Waals surface area contributed by atoms with Crippen molar-refractivity contribution in [3.05, 3.63) is 33.2 Å². The number of ether oxygens (including phenoxy) is 2. The number of benzene rings is 1. The van der Waals surface area contributed by atoms with Gasteiger partial charge in [0.15, 0.2) is 11.9 Å². The number of phenols is 1. The summed E-state index contributed by atoms with van der Waals surface area (Å²) in [4.78, 5) is 38.5. The van der Waals surface area contributed by atoms with E-state index in [0.717, 1.165) is 19.3 Å². The quantitative estimate of drug-likeness (QED) is 0.429. The van der Waals surface area contributed by atoms with Gasteiger partial charge in [0.2, 0.25) is 5.91 Å². The fraction of sp³-hybridized carbons (Fsp3) is 0.476. The Bertz CT molecular complexity index is 973. The van der Waals surface area contributed by atoms with E-state index in [2.05, 4.69) is 0 Å². The Kier molecular flexibility index (Phi) is 6.53. The van der Waals surface area contributed by atoms with Crippen LogP contribution < -0.4 is 10.4 Å². The third kappa shape index (κ3) is 4.27. The minimum Gasteiger partial charge on any atom is -0.507 e. The Labute approximate surface area is 168 Å². The van der Waals surface area contributed by atoms with Crippen LogP contribution in [0.2, 0.25) is 0 Å². The van der Waals surface area contributed by atoms with E-state index >= 15 is 0 Å². The summed E-state index contributed by atoms with van der Waals surface area (Å²) >= 11 is 0. The highest BCUT2D eigenvalue weighted by Crippen LogP contribution is 2.36. The van der Waals surface area contributed by atoms with Gasteiger partial charge >= 0.3 is 5.63 Å². The summed E-state index contributed by atoms with van der Waals surface area (Å²) in [7, 11) is 1.53. The molecule has 1 aromatic carbocycles. The lowest BCUT2D eigenvalue weighted by Gasteiger charge is -2.26.